The van der Waals surface area contributed by atoms with Gasteiger partial charge in [0.2, 0.25) is 0 Å². The summed E-state index contributed by atoms with van der Waals surface area (Å²) in [6.45, 7) is 0.0406. The van der Waals surface area contributed by atoms with Gasteiger partial charge in [0.05, 0.1) is 12.7 Å². The number of carbonyl (C=O) groups excluding carboxylic acids is 1. The smallest absolute Gasteiger partial charge is 0.407 e. The summed E-state index contributed by atoms with van der Waals surface area (Å²) < 4.78 is 4.53. The standard InChI is InChI=1S/C8H15NO4/c10-3-4-13-8(12)9-5-7(11)6-1-2-6/h6-7,10-11H,1-5H2,(H,9,12). The second-order valence-corrected chi connectivity index (χ2v) is 3.15. The maximum absolute atomic E-state index is 10.8. The number of rotatable bonds is 5. The second kappa shape index (κ2) is 5.04. The highest BCUT2D eigenvalue weighted by atomic mass is 16.6. The molecule has 1 saturated carbocycles. The maximum Gasteiger partial charge on any atom is 0.407 e. The third-order valence-corrected chi connectivity index (χ3v) is 1.95. The summed E-state index contributed by atoms with van der Waals surface area (Å²) in [5, 5.41) is 20.1. The van der Waals surface area contributed by atoms with Gasteiger partial charge in [-0.1, -0.05) is 0 Å². The predicted molar refractivity (Wildman–Crippen MR) is 45.2 cm³/mol. The van der Waals surface area contributed by atoms with Gasteiger partial charge in [0.15, 0.2) is 0 Å². The van der Waals surface area contributed by atoms with E-state index < -0.39 is 12.2 Å². The largest absolute Gasteiger partial charge is 0.447 e. The van der Waals surface area contributed by atoms with E-state index in [-0.39, 0.29) is 19.8 Å². The van der Waals surface area contributed by atoms with Gasteiger partial charge in [-0.15, -0.1) is 0 Å². The molecular weight excluding hydrogens is 174 g/mol. The number of carbonyl (C=O) groups is 1. The molecule has 1 amide bonds. The van der Waals surface area contributed by atoms with Gasteiger partial charge in [-0.05, 0) is 18.8 Å². The quantitative estimate of drug-likeness (QED) is 0.543. The van der Waals surface area contributed by atoms with E-state index in [1.54, 1.807) is 0 Å². The topological polar surface area (TPSA) is 78.8 Å². The highest BCUT2D eigenvalue weighted by Gasteiger charge is 2.29. The molecule has 5 heteroatoms. The van der Waals surface area contributed by atoms with Gasteiger partial charge < -0.3 is 20.3 Å². The van der Waals surface area contributed by atoms with Crippen LogP contribution in [-0.2, 0) is 4.74 Å². The molecule has 3 N–H and O–H groups in total. The third kappa shape index (κ3) is 4.10. The van der Waals surface area contributed by atoms with Gasteiger partial charge in [-0.3, -0.25) is 0 Å². The van der Waals surface area contributed by atoms with Gasteiger partial charge in [-0.2, -0.15) is 0 Å². The molecule has 1 atom stereocenters. The van der Waals surface area contributed by atoms with Crippen molar-refractivity contribution in [3.8, 4) is 0 Å². The molecule has 1 aliphatic carbocycles. The van der Waals surface area contributed by atoms with E-state index in [0.29, 0.717) is 5.92 Å². The van der Waals surface area contributed by atoms with Crippen LogP contribution in [0.15, 0.2) is 0 Å². The van der Waals surface area contributed by atoms with Crippen molar-refractivity contribution in [1.29, 1.82) is 0 Å². The lowest BCUT2D eigenvalue weighted by Gasteiger charge is -2.10. The van der Waals surface area contributed by atoms with Crippen molar-refractivity contribution in [3.05, 3.63) is 0 Å². The van der Waals surface area contributed by atoms with Crippen LogP contribution in [0.4, 0.5) is 4.79 Å². The summed E-state index contributed by atoms with van der Waals surface area (Å²) in [5.41, 5.74) is 0. The Labute approximate surface area is 76.7 Å². The summed E-state index contributed by atoms with van der Waals surface area (Å²) in [4.78, 5) is 10.8. The Bertz CT molecular complexity index is 170. The monoisotopic (exact) mass is 189 g/mol. The Morgan fingerprint density at radius 1 is 1.62 bits per heavy atom. The van der Waals surface area contributed by atoms with Crippen LogP contribution in [0.3, 0.4) is 0 Å². The fourth-order valence-corrected chi connectivity index (χ4v) is 1.02. The van der Waals surface area contributed by atoms with E-state index >= 15 is 0 Å². The predicted octanol–water partition coefficient (Wildman–Crippen LogP) is -0.524. The first-order valence-electron chi connectivity index (χ1n) is 4.43. The molecule has 76 valence electrons. The molecule has 1 unspecified atom stereocenters. The highest BCUT2D eigenvalue weighted by Crippen LogP contribution is 2.32. The van der Waals surface area contributed by atoms with Gasteiger partial charge in [0.1, 0.15) is 6.61 Å². The molecule has 0 saturated heterocycles. The molecule has 1 fully saturated rings. The highest BCUT2D eigenvalue weighted by molar-refractivity contribution is 5.67. The van der Waals surface area contributed by atoms with E-state index in [2.05, 4.69) is 10.1 Å². The lowest BCUT2D eigenvalue weighted by Crippen LogP contribution is -2.33. The normalized spacial score (nSPS) is 18.0. The van der Waals surface area contributed by atoms with E-state index in [0.717, 1.165) is 12.8 Å². The first kappa shape index (κ1) is 10.3. The molecule has 0 aromatic heterocycles. The fraction of sp³-hybridized carbons (Fsp3) is 0.875. The third-order valence-electron chi connectivity index (χ3n) is 1.95. The van der Waals surface area contributed by atoms with Crippen LogP contribution in [0.1, 0.15) is 12.8 Å². The molecule has 0 radical (unpaired) electrons. The van der Waals surface area contributed by atoms with Crippen LogP contribution in [0.2, 0.25) is 0 Å². The Kier molecular flexibility index (Phi) is 3.98. The minimum absolute atomic E-state index is 0.00857. The molecule has 0 spiro atoms. The summed E-state index contributed by atoms with van der Waals surface area (Å²) in [6, 6.07) is 0. The average molecular weight is 189 g/mol. The number of hydrogen-bond donors (Lipinski definition) is 3. The average Bonchev–Trinajstić information content (AvgIpc) is 2.93. The van der Waals surface area contributed by atoms with Crippen molar-refractivity contribution in [1.82, 2.24) is 5.32 Å². The number of amides is 1. The number of nitrogens with one attached hydrogen (secondary N) is 1. The first-order valence-corrected chi connectivity index (χ1v) is 4.43. The number of ether oxygens (including phenoxy) is 1. The van der Waals surface area contributed by atoms with E-state index in [1.807, 2.05) is 0 Å². The van der Waals surface area contributed by atoms with Crippen molar-refractivity contribution in [2.45, 2.75) is 18.9 Å². The van der Waals surface area contributed by atoms with Crippen molar-refractivity contribution in [2.75, 3.05) is 19.8 Å². The van der Waals surface area contributed by atoms with Crippen LogP contribution in [0.25, 0.3) is 0 Å². The van der Waals surface area contributed by atoms with E-state index in [1.165, 1.54) is 0 Å². The van der Waals surface area contributed by atoms with Gasteiger partial charge >= 0.3 is 6.09 Å². The van der Waals surface area contributed by atoms with E-state index in [4.69, 9.17) is 5.11 Å². The molecular formula is C8H15NO4. The zero-order valence-corrected chi connectivity index (χ0v) is 7.40. The summed E-state index contributed by atoms with van der Waals surface area (Å²) in [5.74, 6) is 0.346. The SMILES string of the molecule is O=C(NCC(O)C1CC1)OCCO. The number of aliphatic hydroxyl groups excluding tert-OH is 2. The van der Waals surface area contributed by atoms with Crippen molar-refractivity contribution in [3.63, 3.8) is 0 Å². The summed E-state index contributed by atoms with van der Waals surface area (Å²) >= 11 is 0. The molecule has 1 rings (SSSR count). The summed E-state index contributed by atoms with van der Waals surface area (Å²) in [7, 11) is 0. The Morgan fingerprint density at radius 2 is 2.31 bits per heavy atom. The van der Waals surface area contributed by atoms with Crippen molar-refractivity contribution < 1.29 is 19.7 Å². The van der Waals surface area contributed by atoms with Gasteiger partial charge in [0.25, 0.3) is 0 Å². The minimum Gasteiger partial charge on any atom is -0.447 e. The minimum atomic E-state index is -0.589. The number of alkyl carbamates (subject to hydrolysis) is 1. The number of aliphatic hydroxyl groups is 2. The molecule has 0 heterocycles. The van der Waals surface area contributed by atoms with Gasteiger partial charge in [0, 0.05) is 6.54 Å². The molecule has 5 nitrogen and oxygen atoms in total. The maximum atomic E-state index is 10.8. The molecule has 1 aliphatic rings. The summed E-state index contributed by atoms with van der Waals surface area (Å²) in [6.07, 6.45) is 1.03. The second-order valence-electron chi connectivity index (χ2n) is 3.15. The van der Waals surface area contributed by atoms with Crippen LogP contribution in [0, 0.1) is 5.92 Å². The van der Waals surface area contributed by atoms with Gasteiger partial charge in [-0.25, -0.2) is 4.79 Å². The van der Waals surface area contributed by atoms with Crippen molar-refractivity contribution in [2.24, 2.45) is 5.92 Å². The zero-order chi connectivity index (χ0) is 9.68. The van der Waals surface area contributed by atoms with Crippen LogP contribution in [-0.4, -0.2) is 42.2 Å². The van der Waals surface area contributed by atoms with Crippen LogP contribution >= 0.6 is 0 Å². The fourth-order valence-electron chi connectivity index (χ4n) is 1.02. The lowest BCUT2D eigenvalue weighted by atomic mass is 10.2. The first-order chi connectivity index (χ1) is 6.24. The molecule has 0 aliphatic heterocycles. The molecule has 0 aromatic carbocycles. The molecule has 13 heavy (non-hydrogen) atoms. The van der Waals surface area contributed by atoms with Crippen molar-refractivity contribution >= 4 is 6.09 Å². The Morgan fingerprint density at radius 3 is 2.85 bits per heavy atom. The van der Waals surface area contributed by atoms with Crippen LogP contribution < -0.4 is 5.32 Å². The van der Waals surface area contributed by atoms with Crippen LogP contribution in [0.5, 0.6) is 0 Å². The molecule has 0 bridgehead atoms. The number of hydrogen-bond acceptors (Lipinski definition) is 4. The molecule has 0 aromatic rings. The zero-order valence-electron chi connectivity index (χ0n) is 7.40. The lowest BCUT2D eigenvalue weighted by molar-refractivity contribution is 0.107. The Balaban J connectivity index is 2.00. The van der Waals surface area contributed by atoms with E-state index in [9.17, 15) is 9.90 Å². The Hall–Kier alpha value is -0.810.